The number of hydrogen-bond donors (Lipinski definition) is 0. The monoisotopic (exact) mass is 174 g/mol. The second-order valence-corrected chi connectivity index (χ2v) is 3.81. The predicted molar refractivity (Wildman–Crippen MR) is 54.6 cm³/mol. The van der Waals surface area contributed by atoms with Gasteiger partial charge < -0.3 is 0 Å². The van der Waals surface area contributed by atoms with Crippen LogP contribution in [0.2, 0.25) is 0 Å². The van der Waals surface area contributed by atoms with Gasteiger partial charge in [-0.05, 0) is 24.5 Å². The van der Waals surface area contributed by atoms with E-state index in [1.165, 1.54) is 5.69 Å². The SMILES string of the molecule is CC(C)C1CC=Nc2cccnc21. The van der Waals surface area contributed by atoms with Crippen LogP contribution in [0, 0.1) is 5.92 Å². The first-order valence-corrected chi connectivity index (χ1v) is 4.76. The average molecular weight is 174 g/mol. The van der Waals surface area contributed by atoms with Gasteiger partial charge in [0.1, 0.15) is 0 Å². The Bertz CT molecular complexity index is 329. The molecular weight excluding hydrogens is 160 g/mol. The first-order chi connectivity index (χ1) is 6.29. The summed E-state index contributed by atoms with van der Waals surface area (Å²) in [6, 6.07) is 3.98. The second-order valence-electron chi connectivity index (χ2n) is 3.81. The molecule has 0 aromatic carbocycles. The Labute approximate surface area is 78.7 Å². The van der Waals surface area contributed by atoms with E-state index in [2.05, 4.69) is 23.8 Å². The molecule has 0 saturated carbocycles. The lowest BCUT2D eigenvalue weighted by atomic mass is 9.87. The Morgan fingerprint density at radius 3 is 3.08 bits per heavy atom. The molecule has 0 aliphatic carbocycles. The summed E-state index contributed by atoms with van der Waals surface area (Å²) >= 11 is 0. The normalized spacial score (nSPS) is 20.4. The Morgan fingerprint density at radius 1 is 1.46 bits per heavy atom. The first-order valence-electron chi connectivity index (χ1n) is 4.76. The number of hydrogen-bond acceptors (Lipinski definition) is 2. The van der Waals surface area contributed by atoms with E-state index in [4.69, 9.17) is 0 Å². The fourth-order valence-corrected chi connectivity index (χ4v) is 1.77. The van der Waals surface area contributed by atoms with Gasteiger partial charge in [0.15, 0.2) is 0 Å². The fraction of sp³-hybridized carbons (Fsp3) is 0.455. The summed E-state index contributed by atoms with van der Waals surface area (Å²) < 4.78 is 0. The summed E-state index contributed by atoms with van der Waals surface area (Å²) in [5.74, 6) is 1.19. The molecule has 2 rings (SSSR count). The van der Waals surface area contributed by atoms with Gasteiger partial charge >= 0.3 is 0 Å². The lowest BCUT2D eigenvalue weighted by Crippen LogP contribution is -2.12. The predicted octanol–water partition coefficient (Wildman–Crippen LogP) is 2.93. The second kappa shape index (κ2) is 3.29. The molecule has 0 spiro atoms. The maximum atomic E-state index is 4.41. The number of nitrogens with zero attached hydrogens (tertiary/aromatic N) is 2. The summed E-state index contributed by atoms with van der Waals surface area (Å²) in [6.07, 6.45) is 4.89. The molecule has 1 atom stereocenters. The Kier molecular flexibility index (Phi) is 2.13. The van der Waals surface area contributed by atoms with Crippen molar-refractivity contribution in [2.24, 2.45) is 10.9 Å². The molecule has 2 nitrogen and oxygen atoms in total. The zero-order valence-corrected chi connectivity index (χ0v) is 8.07. The quantitative estimate of drug-likeness (QED) is 0.642. The van der Waals surface area contributed by atoms with Crippen molar-refractivity contribution in [3.8, 4) is 0 Å². The van der Waals surface area contributed by atoms with Crippen molar-refractivity contribution in [3.63, 3.8) is 0 Å². The number of fused-ring (bicyclic) bond motifs is 1. The van der Waals surface area contributed by atoms with Crippen molar-refractivity contribution in [1.82, 2.24) is 4.98 Å². The zero-order chi connectivity index (χ0) is 9.26. The molecule has 0 fully saturated rings. The Morgan fingerprint density at radius 2 is 2.31 bits per heavy atom. The van der Waals surface area contributed by atoms with E-state index in [1.807, 2.05) is 24.5 Å². The van der Waals surface area contributed by atoms with E-state index in [-0.39, 0.29) is 0 Å². The van der Waals surface area contributed by atoms with Crippen molar-refractivity contribution >= 4 is 11.9 Å². The van der Waals surface area contributed by atoms with Crippen LogP contribution in [0.4, 0.5) is 5.69 Å². The van der Waals surface area contributed by atoms with Gasteiger partial charge in [-0.1, -0.05) is 13.8 Å². The molecular formula is C11H14N2. The molecule has 1 aromatic rings. The van der Waals surface area contributed by atoms with Gasteiger partial charge in [0.05, 0.1) is 11.4 Å². The van der Waals surface area contributed by atoms with Gasteiger partial charge in [0.2, 0.25) is 0 Å². The van der Waals surface area contributed by atoms with E-state index < -0.39 is 0 Å². The molecule has 2 heteroatoms. The molecule has 13 heavy (non-hydrogen) atoms. The summed E-state index contributed by atoms with van der Waals surface area (Å²) in [5.41, 5.74) is 2.22. The third kappa shape index (κ3) is 1.48. The lowest BCUT2D eigenvalue weighted by molar-refractivity contribution is 0.500. The van der Waals surface area contributed by atoms with Crippen molar-refractivity contribution in [2.75, 3.05) is 0 Å². The van der Waals surface area contributed by atoms with E-state index in [9.17, 15) is 0 Å². The smallest absolute Gasteiger partial charge is 0.0844 e. The summed E-state index contributed by atoms with van der Waals surface area (Å²) in [4.78, 5) is 8.75. The highest BCUT2D eigenvalue weighted by Gasteiger charge is 2.21. The van der Waals surface area contributed by atoms with Crippen LogP contribution in [0.25, 0.3) is 0 Å². The molecule has 0 saturated heterocycles. The van der Waals surface area contributed by atoms with Crippen LogP contribution in [0.15, 0.2) is 23.3 Å². The van der Waals surface area contributed by atoms with Crippen LogP contribution in [0.5, 0.6) is 0 Å². The highest BCUT2D eigenvalue weighted by molar-refractivity contribution is 5.69. The Balaban J connectivity index is 2.43. The number of aliphatic imine (C=N–C) groups is 1. The van der Waals surface area contributed by atoms with Crippen molar-refractivity contribution in [3.05, 3.63) is 24.0 Å². The molecule has 1 aromatic heterocycles. The topological polar surface area (TPSA) is 25.2 Å². The third-order valence-electron chi connectivity index (χ3n) is 2.56. The molecule has 2 heterocycles. The molecule has 0 amide bonds. The Hall–Kier alpha value is -1.18. The molecule has 0 radical (unpaired) electrons. The van der Waals surface area contributed by atoms with E-state index in [1.54, 1.807) is 0 Å². The maximum Gasteiger partial charge on any atom is 0.0844 e. The summed E-state index contributed by atoms with van der Waals surface area (Å²) in [6.45, 7) is 4.48. The minimum absolute atomic E-state index is 0.550. The van der Waals surface area contributed by atoms with Crippen molar-refractivity contribution in [1.29, 1.82) is 0 Å². The highest BCUT2D eigenvalue weighted by atomic mass is 14.8. The van der Waals surface area contributed by atoms with Crippen LogP contribution in [-0.2, 0) is 0 Å². The van der Waals surface area contributed by atoms with Gasteiger partial charge in [-0.15, -0.1) is 0 Å². The molecule has 0 N–H and O–H groups in total. The summed E-state index contributed by atoms with van der Waals surface area (Å²) in [7, 11) is 0. The maximum absolute atomic E-state index is 4.41. The lowest BCUT2D eigenvalue weighted by Gasteiger charge is -2.22. The van der Waals surface area contributed by atoms with E-state index >= 15 is 0 Å². The fourth-order valence-electron chi connectivity index (χ4n) is 1.77. The van der Waals surface area contributed by atoms with Gasteiger partial charge in [0.25, 0.3) is 0 Å². The molecule has 1 aliphatic rings. The van der Waals surface area contributed by atoms with Crippen LogP contribution >= 0.6 is 0 Å². The zero-order valence-electron chi connectivity index (χ0n) is 8.07. The van der Waals surface area contributed by atoms with Gasteiger partial charge in [0, 0.05) is 18.3 Å². The average Bonchev–Trinajstić information content (AvgIpc) is 2.17. The standard InChI is InChI=1S/C11H14N2/c1-8(2)9-5-7-12-10-4-3-6-13-11(9)10/h3-4,6-9H,5H2,1-2H3. The number of aromatic nitrogens is 1. The van der Waals surface area contributed by atoms with Crippen LogP contribution < -0.4 is 0 Å². The highest BCUT2D eigenvalue weighted by Crippen LogP contribution is 2.34. The van der Waals surface area contributed by atoms with Crippen LogP contribution in [0.1, 0.15) is 31.9 Å². The molecule has 1 aliphatic heterocycles. The first kappa shape index (κ1) is 8.42. The van der Waals surface area contributed by atoms with Crippen molar-refractivity contribution in [2.45, 2.75) is 26.2 Å². The van der Waals surface area contributed by atoms with Gasteiger partial charge in [-0.2, -0.15) is 0 Å². The third-order valence-corrected chi connectivity index (χ3v) is 2.56. The van der Waals surface area contributed by atoms with E-state index in [0.717, 1.165) is 12.1 Å². The molecule has 0 bridgehead atoms. The van der Waals surface area contributed by atoms with Gasteiger partial charge in [-0.3, -0.25) is 9.98 Å². The van der Waals surface area contributed by atoms with E-state index in [0.29, 0.717) is 11.8 Å². The van der Waals surface area contributed by atoms with Gasteiger partial charge in [-0.25, -0.2) is 0 Å². The molecule has 1 unspecified atom stereocenters. The minimum Gasteiger partial charge on any atom is -0.259 e. The molecule has 68 valence electrons. The summed E-state index contributed by atoms with van der Waals surface area (Å²) in [5, 5.41) is 0. The number of pyridine rings is 1. The largest absolute Gasteiger partial charge is 0.259 e. The van der Waals surface area contributed by atoms with Crippen molar-refractivity contribution < 1.29 is 0 Å². The van der Waals surface area contributed by atoms with Crippen LogP contribution in [-0.4, -0.2) is 11.2 Å². The van der Waals surface area contributed by atoms with Crippen LogP contribution in [0.3, 0.4) is 0 Å². The minimum atomic E-state index is 0.550. The number of rotatable bonds is 1.